The molecule has 0 heterocycles. The molecule has 2 N–H and O–H groups in total. The first kappa shape index (κ1) is 24.2. The third kappa shape index (κ3) is 9.94. The van der Waals surface area contributed by atoms with E-state index in [1.54, 1.807) is 19.2 Å². The van der Waals surface area contributed by atoms with Crippen LogP contribution in [0.5, 0.6) is 0 Å². The maximum absolute atomic E-state index is 12.1. The molecule has 160 valence electrons. The summed E-state index contributed by atoms with van der Waals surface area (Å²) in [4.78, 5) is 4.56. The quantitative estimate of drug-likeness (QED) is 0.485. The van der Waals surface area contributed by atoms with Gasteiger partial charge in [0.25, 0.3) is 0 Å². The Morgan fingerprint density at radius 2 is 1.68 bits per heavy atom. The highest BCUT2D eigenvalue weighted by Gasteiger charge is 2.27. The number of alkyl halides is 3. The first-order valence-corrected chi connectivity index (χ1v) is 9.32. The third-order valence-electron chi connectivity index (χ3n) is 4.03. The molecule has 0 amide bonds. The molecule has 0 aliphatic carbocycles. The van der Waals surface area contributed by atoms with Crippen molar-refractivity contribution in [2.24, 2.45) is 10.4 Å². The third-order valence-corrected chi connectivity index (χ3v) is 4.03. The van der Waals surface area contributed by atoms with Crippen molar-refractivity contribution in [2.45, 2.75) is 53.1 Å². The molecule has 1 aromatic rings. The molecule has 0 radical (unpaired) electrons. The molecule has 0 aliphatic heterocycles. The Morgan fingerprint density at radius 3 is 2.18 bits per heavy atom. The first-order chi connectivity index (χ1) is 13.0. The van der Waals surface area contributed by atoms with Gasteiger partial charge in [0.15, 0.2) is 5.96 Å². The minimum absolute atomic E-state index is 0.00307. The number of methoxy groups -OCH3 is 1. The van der Waals surface area contributed by atoms with Crippen LogP contribution < -0.4 is 10.6 Å². The van der Waals surface area contributed by atoms with Crippen LogP contribution >= 0.6 is 0 Å². The number of nitrogens with zero attached hydrogens (tertiary/aromatic N) is 1. The van der Waals surface area contributed by atoms with Gasteiger partial charge in [-0.1, -0.05) is 45.0 Å². The zero-order valence-corrected chi connectivity index (χ0v) is 17.3. The van der Waals surface area contributed by atoms with Crippen molar-refractivity contribution < 1.29 is 22.6 Å². The Bertz CT molecular complexity index is 596. The number of hydrogen-bond donors (Lipinski definition) is 2. The van der Waals surface area contributed by atoms with E-state index < -0.39 is 12.8 Å². The van der Waals surface area contributed by atoms with Crippen LogP contribution in [0.3, 0.4) is 0 Å². The molecule has 0 aliphatic rings. The van der Waals surface area contributed by atoms with E-state index in [2.05, 4.69) is 41.1 Å². The van der Waals surface area contributed by atoms with Crippen molar-refractivity contribution in [1.29, 1.82) is 0 Å². The van der Waals surface area contributed by atoms with Gasteiger partial charge in [0.05, 0.1) is 19.3 Å². The van der Waals surface area contributed by atoms with E-state index in [0.29, 0.717) is 24.6 Å². The van der Waals surface area contributed by atoms with Gasteiger partial charge in [0.2, 0.25) is 0 Å². The van der Waals surface area contributed by atoms with Crippen LogP contribution in [-0.4, -0.2) is 45.0 Å². The number of ether oxygens (including phenoxy) is 2. The van der Waals surface area contributed by atoms with Crippen LogP contribution in [0.15, 0.2) is 29.3 Å². The second-order valence-corrected chi connectivity index (χ2v) is 7.59. The van der Waals surface area contributed by atoms with Crippen molar-refractivity contribution in [3.8, 4) is 0 Å². The molecule has 8 heteroatoms. The molecule has 0 aromatic heterocycles. The molecular weight excluding hydrogens is 371 g/mol. The molecule has 28 heavy (non-hydrogen) atoms. The van der Waals surface area contributed by atoms with E-state index in [1.165, 1.54) is 0 Å². The van der Waals surface area contributed by atoms with Crippen LogP contribution in [0.25, 0.3) is 0 Å². The molecule has 0 fully saturated rings. The molecule has 0 saturated carbocycles. The number of aliphatic imine (C=N–C) groups is 1. The SMILES string of the molecule is CCNC(=NCc1ccc(COCC(F)(F)F)cc1)NCC(OC)C(C)(C)C. The lowest BCUT2D eigenvalue weighted by atomic mass is 9.89. The van der Waals surface area contributed by atoms with Crippen LogP contribution in [0, 0.1) is 5.41 Å². The van der Waals surface area contributed by atoms with Crippen molar-refractivity contribution in [3.63, 3.8) is 0 Å². The Kier molecular flexibility index (Phi) is 9.75. The zero-order chi connectivity index (χ0) is 21.2. The van der Waals surface area contributed by atoms with Gasteiger partial charge < -0.3 is 20.1 Å². The van der Waals surface area contributed by atoms with Gasteiger partial charge in [-0.3, -0.25) is 0 Å². The summed E-state index contributed by atoms with van der Waals surface area (Å²) in [6, 6.07) is 7.18. The minimum Gasteiger partial charge on any atom is -0.379 e. The number of halogens is 3. The fourth-order valence-electron chi connectivity index (χ4n) is 2.47. The van der Waals surface area contributed by atoms with Gasteiger partial charge in [-0.2, -0.15) is 13.2 Å². The van der Waals surface area contributed by atoms with Crippen LogP contribution in [0.2, 0.25) is 0 Å². The highest BCUT2D eigenvalue weighted by molar-refractivity contribution is 5.79. The van der Waals surface area contributed by atoms with Gasteiger partial charge in [-0.15, -0.1) is 0 Å². The van der Waals surface area contributed by atoms with Crippen molar-refractivity contribution in [3.05, 3.63) is 35.4 Å². The zero-order valence-electron chi connectivity index (χ0n) is 17.3. The standard InChI is InChI=1S/C20H32F3N3O2/c1-6-24-18(26-12-17(27-5)19(2,3)4)25-11-15-7-9-16(10-8-15)13-28-14-20(21,22)23/h7-10,17H,6,11-14H2,1-5H3,(H2,24,25,26). The molecule has 5 nitrogen and oxygen atoms in total. The van der Waals surface area contributed by atoms with Crippen LogP contribution in [0.4, 0.5) is 13.2 Å². The molecule has 1 rings (SSSR count). The number of guanidine groups is 1. The molecule has 1 aromatic carbocycles. The summed E-state index contributed by atoms with van der Waals surface area (Å²) in [5.41, 5.74) is 1.65. The van der Waals surface area contributed by atoms with E-state index in [1.807, 2.05) is 19.1 Å². The normalized spacial score (nSPS) is 14.1. The Hall–Kier alpha value is -1.80. The first-order valence-electron chi connectivity index (χ1n) is 9.32. The fraction of sp³-hybridized carbons (Fsp3) is 0.650. The number of nitrogens with one attached hydrogen (secondary N) is 2. The Morgan fingerprint density at radius 1 is 1.07 bits per heavy atom. The number of benzene rings is 1. The largest absolute Gasteiger partial charge is 0.411 e. The lowest BCUT2D eigenvalue weighted by molar-refractivity contribution is -0.176. The summed E-state index contributed by atoms with van der Waals surface area (Å²) >= 11 is 0. The number of hydrogen-bond acceptors (Lipinski definition) is 3. The summed E-state index contributed by atoms with van der Waals surface area (Å²) in [7, 11) is 1.70. The highest BCUT2D eigenvalue weighted by atomic mass is 19.4. The van der Waals surface area contributed by atoms with Crippen LogP contribution in [-0.2, 0) is 22.6 Å². The average Bonchev–Trinajstić information content (AvgIpc) is 2.59. The fourth-order valence-corrected chi connectivity index (χ4v) is 2.47. The summed E-state index contributed by atoms with van der Waals surface area (Å²) in [5, 5.41) is 6.48. The van der Waals surface area contributed by atoms with Crippen molar-refractivity contribution >= 4 is 5.96 Å². The minimum atomic E-state index is -4.31. The second-order valence-electron chi connectivity index (χ2n) is 7.59. The molecule has 0 bridgehead atoms. The summed E-state index contributed by atoms with van der Waals surface area (Å²) in [5.74, 6) is 0.686. The monoisotopic (exact) mass is 403 g/mol. The predicted octanol–water partition coefficient (Wildman–Crippen LogP) is 3.88. The van der Waals surface area contributed by atoms with Gasteiger partial charge in [-0.25, -0.2) is 4.99 Å². The van der Waals surface area contributed by atoms with E-state index >= 15 is 0 Å². The van der Waals surface area contributed by atoms with Gasteiger partial charge in [-0.05, 0) is 23.5 Å². The van der Waals surface area contributed by atoms with Crippen LogP contribution in [0.1, 0.15) is 38.8 Å². The maximum atomic E-state index is 12.1. The summed E-state index contributed by atoms with van der Waals surface area (Å²) in [6.45, 7) is 8.84. The lowest BCUT2D eigenvalue weighted by Crippen LogP contribution is -2.45. The van der Waals surface area contributed by atoms with Gasteiger partial charge in [0, 0.05) is 20.2 Å². The van der Waals surface area contributed by atoms with E-state index in [4.69, 9.17) is 4.74 Å². The molecule has 1 atom stereocenters. The highest BCUT2D eigenvalue weighted by Crippen LogP contribution is 2.21. The molecule has 0 saturated heterocycles. The van der Waals surface area contributed by atoms with Crippen molar-refractivity contribution in [1.82, 2.24) is 10.6 Å². The van der Waals surface area contributed by atoms with E-state index in [0.717, 1.165) is 12.1 Å². The smallest absolute Gasteiger partial charge is 0.379 e. The Labute approximate surface area is 165 Å². The van der Waals surface area contributed by atoms with E-state index in [-0.39, 0.29) is 18.1 Å². The average molecular weight is 403 g/mol. The maximum Gasteiger partial charge on any atom is 0.411 e. The summed E-state index contributed by atoms with van der Waals surface area (Å²) < 4.78 is 46.5. The predicted molar refractivity (Wildman–Crippen MR) is 105 cm³/mol. The van der Waals surface area contributed by atoms with Crippen molar-refractivity contribution in [2.75, 3.05) is 26.8 Å². The second kappa shape index (κ2) is 11.3. The topological polar surface area (TPSA) is 54.9 Å². The summed E-state index contributed by atoms with van der Waals surface area (Å²) in [6.07, 6.45) is -4.27. The van der Waals surface area contributed by atoms with Gasteiger partial charge in [0.1, 0.15) is 6.61 Å². The lowest BCUT2D eigenvalue weighted by Gasteiger charge is -2.30. The van der Waals surface area contributed by atoms with Gasteiger partial charge >= 0.3 is 6.18 Å². The van der Waals surface area contributed by atoms with E-state index in [9.17, 15) is 13.2 Å². The molecule has 1 unspecified atom stereocenters. The Balaban J connectivity index is 2.59. The molecular formula is C20H32F3N3O2. The molecule has 0 spiro atoms. The number of rotatable bonds is 9.